The molecule has 0 radical (unpaired) electrons. The maximum Gasteiger partial charge on any atom is 0.0325 e. The van der Waals surface area contributed by atoms with Crippen LogP contribution in [0.3, 0.4) is 0 Å². The first-order valence-electron chi connectivity index (χ1n) is 7.01. The molecule has 1 unspecified atom stereocenters. The van der Waals surface area contributed by atoms with Gasteiger partial charge in [-0.25, -0.2) is 0 Å². The minimum atomic E-state index is 0.376. The van der Waals surface area contributed by atoms with Crippen LogP contribution in [-0.4, -0.2) is 31.6 Å². The molecule has 0 amide bonds. The minimum absolute atomic E-state index is 0.376. The average molecular weight is 268 g/mol. The van der Waals surface area contributed by atoms with Crippen molar-refractivity contribution in [1.82, 2.24) is 10.2 Å². The van der Waals surface area contributed by atoms with Gasteiger partial charge in [0.15, 0.2) is 0 Å². The molecule has 0 saturated carbocycles. The van der Waals surface area contributed by atoms with E-state index in [0.29, 0.717) is 5.41 Å². The van der Waals surface area contributed by atoms with Crippen molar-refractivity contribution in [3.63, 3.8) is 0 Å². The zero-order valence-corrected chi connectivity index (χ0v) is 13.1. The van der Waals surface area contributed by atoms with Gasteiger partial charge in [0.2, 0.25) is 0 Å². The average Bonchev–Trinajstić information content (AvgIpc) is 2.82. The quantitative estimate of drug-likeness (QED) is 0.689. The molecule has 3 heteroatoms. The Balaban J connectivity index is 2.40. The summed E-state index contributed by atoms with van der Waals surface area (Å²) >= 11 is 1.85. The molecule has 0 aromatic carbocycles. The van der Waals surface area contributed by atoms with E-state index in [0.717, 1.165) is 26.2 Å². The van der Waals surface area contributed by atoms with Gasteiger partial charge in [-0.1, -0.05) is 26.8 Å². The van der Waals surface area contributed by atoms with Gasteiger partial charge in [0, 0.05) is 24.5 Å². The molecular formula is C15H28N2S. The molecule has 0 spiro atoms. The third-order valence-electron chi connectivity index (χ3n) is 3.49. The minimum Gasteiger partial charge on any atom is -0.316 e. The summed E-state index contributed by atoms with van der Waals surface area (Å²) in [7, 11) is 2.23. The summed E-state index contributed by atoms with van der Waals surface area (Å²) < 4.78 is 0. The molecule has 0 saturated heterocycles. The van der Waals surface area contributed by atoms with E-state index in [4.69, 9.17) is 0 Å². The molecule has 1 aromatic heterocycles. The first kappa shape index (κ1) is 15.7. The monoisotopic (exact) mass is 268 g/mol. The molecule has 2 nitrogen and oxygen atoms in total. The van der Waals surface area contributed by atoms with E-state index in [1.807, 2.05) is 11.3 Å². The summed E-state index contributed by atoms with van der Waals surface area (Å²) in [6.07, 6.45) is 2.43. The lowest BCUT2D eigenvalue weighted by Gasteiger charge is -2.33. The summed E-state index contributed by atoms with van der Waals surface area (Å²) in [5, 5.41) is 5.72. The first-order valence-corrected chi connectivity index (χ1v) is 7.89. The Kier molecular flexibility index (Phi) is 6.90. The second-order valence-electron chi connectivity index (χ2n) is 5.59. The molecule has 0 aliphatic carbocycles. The third-order valence-corrected chi connectivity index (χ3v) is 4.35. The molecule has 104 valence electrons. The van der Waals surface area contributed by atoms with Gasteiger partial charge in [-0.3, -0.25) is 0 Å². The number of hydrogen-bond donors (Lipinski definition) is 1. The molecule has 18 heavy (non-hydrogen) atoms. The van der Waals surface area contributed by atoms with Crippen LogP contribution < -0.4 is 5.32 Å². The van der Waals surface area contributed by atoms with Crippen molar-refractivity contribution >= 4 is 11.3 Å². The standard InChI is InChI=1S/C15H28N2S/c1-5-9-16-12-15(3,6-2)13-17(4)11-14-8-7-10-18-14/h7-8,10,16H,5-6,9,11-13H2,1-4H3. The smallest absolute Gasteiger partial charge is 0.0325 e. The van der Waals surface area contributed by atoms with Crippen LogP contribution >= 0.6 is 11.3 Å². The van der Waals surface area contributed by atoms with E-state index in [2.05, 4.69) is 55.5 Å². The summed E-state index contributed by atoms with van der Waals surface area (Å²) in [6, 6.07) is 4.36. The predicted octanol–water partition coefficient (Wildman–Crippen LogP) is 3.60. The summed E-state index contributed by atoms with van der Waals surface area (Å²) in [5.41, 5.74) is 0.376. The van der Waals surface area contributed by atoms with Crippen molar-refractivity contribution < 1.29 is 0 Å². The van der Waals surface area contributed by atoms with E-state index in [9.17, 15) is 0 Å². The fourth-order valence-corrected chi connectivity index (χ4v) is 3.02. The largest absolute Gasteiger partial charge is 0.316 e. The van der Waals surface area contributed by atoms with Gasteiger partial charge in [0.05, 0.1) is 0 Å². The normalized spacial score (nSPS) is 14.9. The predicted molar refractivity (Wildman–Crippen MR) is 82.2 cm³/mol. The topological polar surface area (TPSA) is 15.3 Å². The van der Waals surface area contributed by atoms with Crippen LogP contribution in [0.4, 0.5) is 0 Å². The highest BCUT2D eigenvalue weighted by Gasteiger charge is 2.23. The van der Waals surface area contributed by atoms with Gasteiger partial charge in [-0.2, -0.15) is 0 Å². The maximum absolute atomic E-state index is 3.57. The zero-order chi connectivity index (χ0) is 13.4. The van der Waals surface area contributed by atoms with Crippen molar-refractivity contribution in [2.45, 2.75) is 40.2 Å². The molecule has 0 aliphatic rings. The Hall–Kier alpha value is -0.380. The highest BCUT2D eigenvalue weighted by molar-refractivity contribution is 7.09. The fourth-order valence-electron chi connectivity index (χ4n) is 2.24. The van der Waals surface area contributed by atoms with Gasteiger partial charge >= 0.3 is 0 Å². The number of nitrogens with zero attached hydrogens (tertiary/aromatic N) is 1. The van der Waals surface area contributed by atoms with E-state index < -0.39 is 0 Å². The molecule has 1 atom stereocenters. The Morgan fingerprint density at radius 2 is 2.17 bits per heavy atom. The van der Waals surface area contributed by atoms with E-state index >= 15 is 0 Å². The van der Waals surface area contributed by atoms with Crippen LogP contribution in [0.15, 0.2) is 17.5 Å². The first-order chi connectivity index (χ1) is 8.59. The lowest BCUT2D eigenvalue weighted by molar-refractivity contribution is 0.176. The lowest BCUT2D eigenvalue weighted by Crippen LogP contribution is -2.40. The van der Waals surface area contributed by atoms with E-state index in [-0.39, 0.29) is 0 Å². The summed E-state index contributed by atoms with van der Waals surface area (Å²) in [5.74, 6) is 0. The third kappa shape index (κ3) is 5.51. The Morgan fingerprint density at radius 1 is 1.39 bits per heavy atom. The Morgan fingerprint density at radius 3 is 2.72 bits per heavy atom. The number of rotatable bonds is 9. The summed E-state index contributed by atoms with van der Waals surface area (Å²) in [4.78, 5) is 3.90. The number of nitrogens with one attached hydrogen (secondary N) is 1. The molecule has 0 bridgehead atoms. The molecule has 1 N–H and O–H groups in total. The van der Waals surface area contributed by atoms with Crippen molar-refractivity contribution in [3.8, 4) is 0 Å². The lowest BCUT2D eigenvalue weighted by atomic mass is 9.87. The van der Waals surface area contributed by atoms with Crippen LogP contribution in [0, 0.1) is 5.41 Å². The van der Waals surface area contributed by atoms with Gasteiger partial charge in [-0.05, 0) is 43.3 Å². The van der Waals surface area contributed by atoms with Gasteiger partial charge in [-0.15, -0.1) is 11.3 Å². The van der Waals surface area contributed by atoms with Crippen LogP contribution in [0.25, 0.3) is 0 Å². The fraction of sp³-hybridized carbons (Fsp3) is 0.733. The highest BCUT2D eigenvalue weighted by atomic mass is 32.1. The maximum atomic E-state index is 3.57. The van der Waals surface area contributed by atoms with Crippen molar-refractivity contribution in [1.29, 1.82) is 0 Å². The number of thiophene rings is 1. The molecule has 0 fully saturated rings. The molecule has 1 heterocycles. The second-order valence-corrected chi connectivity index (χ2v) is 6.62. The van der Waals surface area contributed by atoms with E-state index in [1.54, 1.807) is 0 Å². The highest BCUT2D eigenvalue weighted by Crippen LogP contribution is 2.22. The zero-order valence-electron chi connectivity index (χ0n) is 12.3. The SMILES string of the molecule is CCCNCC(C)(CC)CN(C)Cc1cccs1. The van der Waals surface area contributed by atoms with Crippen molar-refractivity contribution in [2.24, 2.45) is 5.41 Å². The van der Waals surface area contributed by atoms with Crippen LogP contribution in [0.5, 0.6) is 0 Å². The molecular weight excluding hydrogens is 240 g/mol. The molecule has 0 aliphatic heterocycles. The Labute approximate surface area is 116 Å². The van der Waals surface area contributed by atoms with Crippen LogP contribution in [0.2, 0.25) is 0 Å². The van der Waals surface area contributed by atoms with Gasteiger partial charge in [0.1, 0.15) is 0 Å². The van der Waals surface area contributed by atoms with Crippen LogP contribution in [0.1, 0.15) is 38.5 Å². The summed E-state index contributed by atoms with van der Waals surface area (Å²) in [6.45, 7) is 11.4. The van der Waals surface area contributed by atoms with Gasteiger partial charge in [0.25, 0.3) is 0 Å². The van der Waals surface area contributed by atoms with Gasteiger partial charge < -0.3 is 10.2 Å². The number of hydrogen-bond acceptors (Lipinski definition) is 3. The van der Waals surface area contributed by atoms with E-state index in [1.165, 1.54) is 17.7 Å². The molecule has 1 aromatic rings. The van der Waals surface area contributed by atoms with Crippen LogP contribution in [-0.2, 0) is 6.54 Å². The van der Waals surface area contributed by atoms with Crippen molar-refractivity contribution in [2.75, 3.05) is 26.7 Å². The molecule has 1 rings (SSSR count). The Bertz CT molecular complexity index is 310. The second kappa shape index (κ2) is 7.93. The van der Waals surface area contributed by atoms with Crippen molar-refractivity contribution in [3.05, 3.63) is 22.4 Å².